The van der Waals surface area contributed by atoms with Gasteiger partial charge in [0, 0.05) is 30.2 Å². The van der Waals surface area contributed by atoms with Crippen molar-refractivity contribution in [2.24, 2.45) is 11.8 Å². The van der Waals surface area contributed by atoms with Crippen LogP contribution >= 0.6 is 15.9 Å². The van der Waals surface area contributed by atoms with Crippen LogP contribution in [-0.2, 0) is 23.9 Å². The molecule has 2 amide bonds. The zero-order chi connectivity index (χ0) is 28.4. The Balaban J connectivity index is 1.54. The smallest absolute Gasteiger partial charge is 0.312 e. The Bertz CT molecular complexity index is 1290. The van der Waals surface area contributed by atoms with Crippen LogP contribution in [0.4, 0.5) is 5.69 Å². The van der Waals surface area contributed by atoms with Crippen molar-refractivity contribution in [2.45, 2.75) is 61.6 Å². The van der Waals surface area contributed by atoms with Gasteiger partial charge in [-0.2, -0.15) is 0 Å². The Kier molecular flexibility index (Phi) is 8.63. The Morgan fingerprint density at radius 1 is 1.20 bits per heavy atom. The first-order chi connectivity index (χ1) is 19.4. The van der Waals surface area contributed by atoms with Crippen molar-refractivity contribution in [3.63, 3.8) is 0 Å². The molecule has 0 radical (unpaired) electrons. The summed E-state index contributed by atoms with van der Waals surface area (Å²) >= 11 is 3.70. The van der Waals surface area contributed by atoms with Gasteiger partial charge in [-0.3, -0.25) is 14.4 Å². The first-order valence-corrected chi connectivity index (χ1v) is 15.1. The molecule has 3 heterocycles. The molecule has 8 nitrogen and oxygen atoms in total. The number of nitrogens with zero attached hydrogens (tertiary/aromatic N) is 2. The third-order valence-corrected chi connectivity index (χ3v) is 9.36. The zero-order valence-corrected chi connectivity index (χ0v) is 24.4. The lowest BCUT2D eigenvalue weighted by molar-refractivity contribution is -0.154. The number of unbranched alkanes of at least 4 members (excludes halogenated alkanes) is 3. The second-order valence-corrected chi connectivity index (χ2v) is 12.0. The van der Waals surface area contributed by atoms with E-state index in [4.69, 9.17) is 14.6 Å². The van der Waals surface area contributed by atoms with E-state index in [1.165, 1.54) is 0 Å². The van der Waals surface area contributed by atoms with Crippen molar-refractivity contribution in [3.8, 4) is 0 Å². The minimum atomic E-state index is -1.13. The molecule has 2 bridgehead atoms. The average Bonchev–Trinajstić information content (AvgIpc) is 3.54. The molecule has 1 N–H and O–H groups in total. The molecule has 2 aromatic carbocycles. The number of hydrogen-bond donors (Lipinski definition) is 1. The average molecular weight is 614 g/mol. The number of alkyl halides is 1. The Labute approximate surface area is 243 Å². The molecule has 1 spiro atoms. The van der Waals surface area contributed by atoms with Crippen molar-refractivity contribution >= 4 is 50.2 Å². The van der Waals surface area contributed by atoms with Gasteiger partial charge < -0.3 is 24.4 Å². The molecule has 5 rings (SSSR count). The summed E-state index contributed by atoms with van der Waals surface area (Å²) in [7, 11) is 0. The fourth-order valence-corrected chi connectivity index (χ4v) is 7.79. The largest absolute Gasteiger partial charge is 0.466 e. The molecule has 3 fully saturated rings. The summed E-state index contributed by atoms with van der Waals surface area (Å²) in [6.07, 6.45) is 4.61. The highest BCUT2D eigenvalue weighted by molar-refractivity contribution is 9.09. The summed E-state index contributed by atoms with van der Waals surface area (Å²) in [5.41, 5.74) is -0.421. The van der Waals surface area contributed by atoms with Gasteiger partial charge in [0.2, 0.25) is 5.91 Å². The number of rotatable bonds is 12. The van der Waals surface area contributed by atoms with Crippen LogP contribution in [0.15, 0.2) is 55.1 Å². The van der Waals surface area contributed by atoms with Crippen LogP contribution in [0.5, 0.6) is 0 Å². The van der Waals surface area contributed by atoms with Gasteiger partial charge in [0.1, 0.15) is 11.6 Å². The van der Waals surface area contributed by atoms with E-state index < -0.39 is 35.6 Å². The Morgan fingerprint density at radius 2 is 1.95 bits per heavy atom. The number of ether oxygens (including phenoxy) is 2. The third-order valence-electron chi connectivity index (χ3n) is 8.51. The number of amides is 2. The summed E-state index contributed by atoms with van der Waals surface area (Å²) in [5, 5.41) is 11.2. The zero-order valence-electron chi connectivity index (χ0n) is 22.8. The number of aliphatic hydroxyl groups is 1. The fourth-order valence-electron chi connectivity index (χ4n) is 6.85. The minimum Gasteiger partial charge on any atom is -0.466 e. The number of esters is 1. The van der Waals surface area contributed by atoms with Crippen molar-refractivity contribution < 1.29 is 29.0 Å². The number of carbonyl (C=O) groups excluding carboxylic acids is 3. The molecular weight excluding hydrogens is 576 g/mol. The molecule has 40 heavy (non-hydrogen) atoms. The SMILES string of the molecule is C=CCN(C(=O)[C@H]1N(CCCCCCO)C(=O)[C@@H]2[C@@H](C(=O)OCC)[C@@H]3O[C@@]21CC3Br)c1ccc2ccccc2c1. The first kappa shape index (κ1) is 28.8. The second-order valence-electron chi connectivity index (χ2n) is 10.9. The number of aliphatic hydroxyl groups excluding tert-OH is 1. The normalized spacial score (nSPS) is 28.6. The molecule has 6 atom stereocenters. The molecule has 3 aliphatic rings. The van der Waals surface area contributed by atoms with Crippen molar-refractivity contribution in [2.75, 3.05) is 31.2 Å². The number of likely N-dealkylation sites (tertiary alicyclic amines) is 1. The maximum atomic E-state index is 14.6. The molecule has 3 saturated heterocycles. The van der Waals surface area contributed by atoms with Gasteiger partial charge in [0.15, 0.2) is 0 Å². The fraction of sp³-hybridized carbons (Fsp3) is 0.516. The van der Waals surface area contributed by atoms with Crippen LogP contribution in [0.1, 0.15) is 39.0 Å². The number of benzene rings is 2. The standard InChI is InChI=1S/C31H37BrN2O6/c1-3-15-33(22-14-13-20-11-7-8-12-21(20)18-22)29(37)27-31-19-23(32)26(40-31)24(30(38)39-4-2)25(31)28(36)34(27)16-9-5-6-10-17-35/h3,7-8,11-14,18,23-27,35H,1,4-6,9-10,15-17,19H2,2H3/t23?,24-,25+,26-,27-,31+/m1/s1. The highest BCUT2D eigenvalue weighted by atomic mass is 79.9. The van der Waals surface area contributed by atoms with Crippen LogP contribution in [0.25, 0.3) is 10.8 Å². The second kappa shape index (κ2) is 12.0. The van der Waals surface area contributed by atoms with E-state index in [1.54, 1.807) is 22.8 Å². The predicted molar refractivity (Wildman–Crippen MR) is 156 cm³/mol. The summed E-state index contributed by atoms with van der Waals surface area (Å²) < 4.78 is 12.0. The number of fused-ring (bicyclic) bond motifs is 2. The lowest BCUT2D eigenvalue weighted by atomic mass is 9.70. The molecule has 9 heteroatoms. The van der Waals surface area contributed by atoms with E-state index in [-0.39, 0.29) is 36.4 Å². The van der Waals surface area contributed by atoms with E-state index in [0.717, 1.165) is 23.6 Å². The van der Waals surface area contributed by atoms with Gasteiger partial charge in [-0.05, 0) is 49.1 Å². The van der Waals surface area contributed by atoms with E-state index in [9.17, 15) is 14.4 Å². The third kappa shape index (κ3) is 4.86. The number of hydrogen-bond acceptors (Lipinski definition) is 6. The molecule has 0 aromatic heterocycles. The Morgan fingerprint density at radius 3 is 2.67 bits per heavy atom. The van der Waals surface area contributed by atoms with Crippen LogP contribution in [0.2, 0.25) is 0 Å². The number of anilines is 1. The van der Waals surface area contributed by atoms with Crippen molar-refractivity contribution in [3.05, 3.63) is 55.1 Å². The quantitative estimate of drug-likeness (QED) is 0.167. The van der Waals surface area contributed by atoms with Gasteiger partial charge >= 0.3 is 5.97 Å². The lowest BCUT2D eigenvalue weighted by Gasteiger charge is -2.37. The van der Waals surface area contributed by atoms with Gasteiger partial charge in [-0.1, -0.05) is 65.2 Å². The molecule has 2 aromatic rings. The van der Waals surface area contributed by atoms with E-state index in [1.807, 2.05) is 42.5 Å². The first-order valence-electron chi connectivity index (χ1n) is 14.2. The van der Waals surface area contributed by atoms with E-state index >= 15 is 0 Å². The summed E-state index contributed by atoms with van der Waals surface area (Å²) in [6, 6.07) is 12.9. The number of carbonyl (C=O) groups is 3. The topological polar surface area (TPSA) is 96.4 Å². The summed E-state index contributed by atoms with van der Waals surface area (Å²) in [6.45, 7) is 6.59. The van der Waals surface area contributed by atoms with Gasteiger partial charge in [0.05, 0.1) is 24.5 Å². The molecular formula is C31H37BrN2O6. The Hall–Kier alpha value is -2.75. The van der Waals surface area contributed by atoms with Gasteiger partial charge in [0.25, 0.3) is 5.91 Å². The van der Waals surface area contributed by atoms with E-state index in [2.05, 4.69) is 22.5 Å². The van der Waals surface area contributed by atoms with Crippen molar-refractivity contribution in [1.82, 2.24) is 4.90 Å². The summed E-state index contributed by atoms with van der Waals surface area (Å²) in [5.74, 6) is -2.47. The maximum absolute atomic E-state index is 14.6. The molecule has 0 saturated carbocycles. The van der Waals surface area contributed by atoms with Crippen LogP contribution in [0, 0.1) is 11.8 Å². The highest BCUT2D eigenvalue weighted by Gasteiger charge is 2.77. The molecule has 1 unspecified atom stereocenters. The van der Waals surface area contributed by atoms with Gasteiger partial charge in [-0.25, -0.2) is 0 Å². The molecule has 3 aliphatic heterocycles. The van der Waals surface area contributed by atoms with Crippen LogP contribution in [-0.4, -0.2) is 76.7 Å². The highest BCUT2D eigenvalue weighted by Crippen LogP contribution is 2.60. The van der Waals surface area contributed by atoms with Gasteiger partial charge in [-0.15, -0.1) is 6.58 Å². The molecule has 214 valence electrons. The van der Waals surface area contributed by atoms with E-state index in [0.29, 0.717) is 31.5 Å². The predicted octanol–water partition coefficient (Wildman–Crippen LogP) is 4.22. The molecule has 0 aliphatic carbocycles. The summed E-state index contributed by atoms with van der Waals surface area (Å²) in [4.78, 5) is 45.0. The lowest BCUT2D eigenvalue weighted by Crippen LogP contribution is -2.57. The van der Waals surface area contributed by atoms with Crippen molar-refractivity contribution in [1.29, 1.82) is 0 Å². The minimum absolute atomic E-state index is 0.125. The van der Waals surface area contributed by atoms with Crippen LogP contribution < -0.4 is 4.90 Å². The maximum Gasteiger partial charge on any atom is 0.312 e. The number of halogens is 1. The van der Waals surface area contributed by atoms with Crippen LogP contribution in [0.3, 0.4) is 0 Å². The monoisotopic (exact) mass is 612 g/mol.